The van der Waals surface area contributed by atoms with E-state index in [1.54, 1.807) is 25.1 Å². The number of halogens is 3. The molecule has 4 nitrogen and oxygen atoms in total. The first-order valence-corrected chi connectivity index (χ1v) is 7.80. The maximum atomic E-state index is 12.0. The largest absolute Gasteiger partial charge is 0.343 e. The zero-order valence-corrected chi connectivity index (χ0v) is 14.4. The van der Waals surface area contributed by atoms with Crippen LogP contribution in [0.4, 0.5) is 5.69 Å². The van der Waals surface area contributed by atoms with Crippen LogP contribution in [0, 0.1) is 6.92 Å². The van der Waals surface area contributed by atoms with Gasteiger partial charge in [0.1, 0.15) is 0 Å². The lowest BCUT2D eigenvalue weighted by atomic mass is 10.2. The molecule has 0 saturated carbocycles. The Hall–Kier alpha value is -1.75. The van der Waals surface area contributed by atoms with E-state index >= 15 is 0 Å². The molecule has 0 aliphatic carbocycles. The quantitative estimate of drug-likeness (QED) is 0.840. The summed E-state index contributed by atoms with van der Waals surface area (Å²) < 4.78 is 0. The molecule has 120 valence electrons. The molecule has 0 radical (unpaired) electrons. The molecule has 2 aromatic rings. The Morgan fingerprint density at radius 1 is 1.00 bits per heavy atom. The number of nitrogens with one attached hydrogen (secondary N) is 2. The van der Waals surface area contributed by atoms with Gasteiger partial charge in [-0.15, -0.1) is 0 Å². The molecule has 0 aliphatic heterocycles. The Morgan fingerprint density at radius 2 is 1.74 bits per heavy atom. The van der Waals surface area contributed by atoms with Crippen molar-refractivity contribution in [2.75, 3.05) is 11.9 Å². The summed E-state index contributed by atoms with van der Waals surface area (Å²) in [6.45, 7) is 1.62. The van der Waals surface area contributed by atoms with Crippen LogP contribution in [0.3, 0.4) is 0 Å². The zero-order valence-electron chi connectivity index (χ0n) is 12.1. The van der Waals surface area contributed by atoms with E-state index < -0.39 is 5.91 Å². The van der Waals surface area contributed by atoms with E-state index in [0.717, 1.165) is 5.56 Å². The normalized spacial score (nSPS) is 10.3. The van der Waals surface area contributed by atoms with Gasteiger partial charge in [-0.1, -0.05) is 40.9 Å². The highest BCUT2D eigenvalue weighted by atomic mass is 35.5. The van der Waals surface area contributed by atoms with E-state index in [4.69, 9.17) is 34.8 Å². The van der Waals surface area contributed by atoms with E-state index in [2.05, 4.69) is 10.6 Å². The second-order valence-electron chi connectivity index (χ2n) is 4.77. The van der Waals surface area contributed by atoms with Crippen LogP contribution < -0.4 is 10.6 Å². The highest BCUT2D eigenvalue weighted by Crippen LogP contribution is 2.23. The predicted octanol–water partition coefficient (Wildman–Crippen LogP) is 4.32. The Kier molecular flexibility index (Phi) is 5.88. The van der Waals surface area contributed by atoms with Crippen LogP contribution >= 0.6 is 34.8 Å². The van der Waals surface area contributed by atoms with Gasteiger partial charge in [0.25, 0.3) is 5.91 Å². The van der Waals surface area contributed by atoms with E-state index in [-0.39, 0.29) is 17.5 Å². The maximum absolute atomic E-state index is 12.0. The molecule has 23 heavy (non-hydrogen) atoms. The van der Waals surface area contributed by atoms with Crippen LogP contribution in [0.2, 0.25) is 15.1 Å². The highest BCUT2D eigenvalue weighted by Gasteiger charge is 2.11. The lowest BCUT2D eigenvalue weighted by Crippen LogP contribution is -2.33. The van der Waals surface area contributed by atoms with Gasteiger partial charge in [0, 0.05) is 16.3 Å². The van der Waals surface area contributed by atoms with Crippen LogP contribution in [-0.4, -0.2) is 18.4 Å². The molecule has 2 amide bonds. The molecule has 2 N–H and O–H groups in total. The minimum atomic E-state index is -0.415. The molecule has 0 aromatic heterocycles. The maximum Gasteiger partial charge on any atom is 0.251 e. The third kappa shape index (κ3) is 4.61. The third-order valence-corrected chi connectivity index (χ3v) is 4.28. The lowest BCUT2D eigenvalue weighted by Gasteiger charge is -2.10. The van der Waals surface area contributed by atoms with Gasteiger partial charge in [-0.3, -0.25) is 9.59 Å². The SMILES string of the molecule is Cc1c(Cl)cccc1NC(=O)CNC(=O)c1ccc(Cl)c(Cl)c1. The van der Waals surface area contributed by atoms with Crippen LogP contribution in [-0.2, 0) is 4.79 Å². The number of benzene rings is 2. The molecule has 2 rings (SSSR count). The van der Waals surface area contributed by atoms with Crippen LogP contribution in [0.1, 0.15) is 15.9 Å². The van der Waals surface area contributed by atoms with Crippen molar-refractivity contribution < 1.29 is 9.59 Å². The molecule has 7 heteroatoms. The number of anilines is 1. The average Bonchev–Trinajstić information content (AvgIpc) is 2.52. The Morgan fingerprint density at radius 3 is 2.43 bits per heavy atom. The molecule has 0 spiro atoms. The van der Waals surface area contributed by atoms with Crippen molar-refractivity contribution >= 4 is 52.3 Å². The van der Waals surface area contributed by atoms with Crippen LogP contribution in [0.15, 0.2) is 36.4 Å². The van der Waals surface area contributed by atoms with Crippen molar-refractivity contribution in [2.24, 2.45) is 0 Å². The molecule has 0 fully saturated rings. The van der Waals surface area contributed by atoms with Gasteiger partial charge in [-0.25, -0.2) is 0 Å². The fourth-order valence-electron chi connectivity index (χ4n) is 1.84. The van der Waals surface area contributed by atoms with E-state index in [1.807, 2.05) is 0 Å². The van der Waals surface area contributed by atoms with Crippen molar-refractivity contribution in [1.82, 2.24) is 5.32 Å². The van der Waals surface area contributed by atoms with Crippen molar-refractivity contribution in [2.45, 2.75) is 6.92 Å². The summed E-state index contributed by atoms with van der Waals surface area (Å²) in [5.74, 6) is -0.773. The monoisotopic (exact) mass is 370 g/mol. The summed E-state index contributed by atoms with van der Waals surface area (Å²) in [6.07, 6.45) is 0. The third-order valence-electron chi connectivity index (χ3n) is 3.13. The number of amides is 2. The molecule has 0 heterocycles. The molecular formula is C16H13Cl3N2O2. The van der Waals surface area contributed by atoms with E-state index in [1.165, 1.54) is 18.2 Å². The topological polar surface area (TPSA) is 58.2 Å². The summed E-state index contributed by atoms with van der Waals surface area (Å²) in [5, 5.41) is 6.40. The molecule has 0 bridgehead atoms. The first-order chi connectivity index (χ1) is 10.9. The Balaban J connectivity index is 1.94. The summed E-state index contributed by atoms with van der Waals surface area (Å²) in [5.41, 5.74) is 1.69. The number of carbonyl (C=O) groups excluding carboxylic acids is 2. The minimum Gasteiger partial charge on any atom is -0.343 e. The number of hydrogen-bond donors (Lipinski definition) is 2. The molecule has 2 aromatic carbocycles. The van der Waals surface area contributed by atoms with Gasteiger partial charge in [0.15, 0.2) is 0 Å². The van der Waals surface area contributed by atoms with Crippen molar-refractivity contribution in [3.63, 3.8) is 0 Å². The van der Waals surface area contributed by atoms with E-state index in [0.29, 0.717) is 21.3 Å². The predicted molar refractivity (Wildman–Crippen MR) is 93.6 cm³/mol. The Labute approximate surface area is 148 Å². The summed E-state index contributed by atoms with van der Waals surface area (Å²) in [4.78, 5) is 23.9. The first-order valence-electron chi connectivity index (χ1n) is 6.66. The molecule has 0 aliphatic rings. The second-order valence-corrected chi connectivity index (χ2v) is 5.99. The second kappa shape index (κ2) is 7.68. The van der Waals surface area contributed by atoms with Gasteiger partial charge in [0.05, 0.1) is 16.6 Å². The van der Waals surface area contributed by atoms with Gasteiger partial charge in [0.2, 0.25) is 5.91 Å². The molecule has 0 atom stereocenters. The first kappa shape index (κ1) is 17.6. The number of hydrogen-bond acceptors (Lipinski definition) is 2. The minimum absolute atomic E-state index is 0.176. The molecule has 0 saturated heterocycles. The highest BCUT2D eigenvalue weighted by molar-refractivity contribution is 6.42. The number of carbonyl (C=O) groups is 2. The Bertz CT molecular complexity index is 763. The van der Waals surface area contributed by atoms with Gasteiger partial charge >= 0.3 is 0 Å². The van der Waals surface area contributed by atoms with Crippen LogP contribution in [0.5, 0.6) is 0 Å². The van der Waals surface area contributed by atoms with Crippen molar-refractivity contribution in [1.29, 1.82) is 0 Å². The summed E-state index contributed by atoms with van der Waals surface area (Å²) in [7, 11) is 0. The average molecular weight is 372 g/mol. The van der Waals surface area contributed by atoms with Gasteiger partial charge in [-0.2, -0.15) is 0 Å². The molecular weight excluding hydrogens is 359 g/mol. The molecule has 0 unspecified atom stereocenters. The fraction of sp³-hybridized carbons (Fsp3) is 0.125. The van der Waals surface area contributed by atoms with Gasteiger partial charge < -0.3 is 10.6 Å². The number of rotatable bonds is 4. The summed E-state index contributed by atoms with van der Waals surface area (Å²) in [6, 6.07) is 9.70. The van der Waals surface area contributed by atoms with Crippen molar-refractivity contribution in [3.8, 4) is 0 Å². The van der Waals surface area contributed by atoms with Crippen molar-refractivity contribution in [3.05, 3.63) is 62.6 Å². The standard InChI is InChI=1S/C16H13Cl3N2O2/c1-9-11(17)3-2-4-14(9)21-15(22)8-20-16(23)10-5-6-12(18)13(19)7-10/h2-7H,8H2,1H3,(H,20,23)(H,21,22). The zero-order chi connectivity index (χ0) is 17.0. The van der Waals surface area contributed by atoms with Crippen LogP contribution in [0.25, 0.3) is 0 Å². The van der Waals surface area contributed by atoms with Gasteiger partial charge in [-0.05, 0) is 42.8 Å². The summed E-state index contributed by atoms with van der Waals surface area (Å²) >= 11 is 17.6. The lowest BCUT2D eigenvalue weighted by molar-refractivity contribution is -0.115. The fourth-order valence-corrected chi connectivity index (χ4v) is 2.31. The van der Waals surface area contributed by atoms with E-state index in [9.17, 15) is 9.59 Å². The smallest absolute Gasteiger partial charge is 0.251 e.